The van der Waals surface area contributed by atoms with Crippen LogP contribution >= 0.6 is 11.8 Å². The molecule has 3 N–H and O–H groups in total. The van der Waals surface area contributed by atoms with Gasteiger partial charge in [-0.2, -0.15) is 0 Å². The van der Waals surface area contributed by atoms with Crippen LogP contribution in [0.15, 0.2) is 24.3 Å². The lowest BCUT2D eigenvalue weighted by atomic mass is 10.2. The van der Waals surface area contributed by atoms with E-state index in [1.165, 1.54) is 24.3 Å². The maximum atomic E-state index is 11.6. The summed E-state index contributed by atoms with van der Waals surface area (Å²) in [6, 6.07) is 5.75. The number of benzene rings is 1. The van der Waals surface area contributed by atoms with Crippen LogP contribution in [-0.2, 0) is 9.59 Å². The highest BCUT2D eigenvalue weighted by atomic mass is 32.2. The van der Waals surface area contributed by atoms with Crippen molar-refractivity contribution >= 4 is 35.3 Å². The second kappa shape index (κ2) is 7.54. The molecule has 1 aromatic rings. The van der Waals surface area contributed by atoms with E-state index in [9.17, 15) is 14.4 Å². The highest BCUT2D eigenvalue weighted by molar-refractivity contribution is 8.01. The molecule has 1 unspecified atom stereocenters. The molecule has 1 rings (SSSR count). The molecule has 20 heavy (non-hydrogen) atoms. The normalized spacial score (nSPS) is 11.7. The Hall–Kier alpha value is -2.02. The summed E-state index contributed by atoms with van der Waals surface area (Å²) in [6.45, 7) is 1.74. The van der Waals surface area contributed by atoms with Crippen LogP contribution in [0, 0.1) is 0 Å². The van der Waals surface area contributed by atoms with Gasteiger partial charge < -0.3 is 15.5 Å². The molecule has 0 aliphatic heterocycles. The molecular weight excluding hydrogens is 282 g/mol. The molecule has 7 heteroatoms. The Morgan fingerprint density at radius 1 is 1.20 bits per heavy atom. The van der Waals surface area contributed by atoms with E-state index in [0.717, 1.165) is 11.8 Å². The lowest BCUT2D eigenvalue weighted by molar-refractivity contribution is -0.136. The van der Waals surface area contributed by atoms with Crippen molar-refractivity contribution in [2.24, 2.45) is 0 Å². The number of aromatic carboxylic acids is 1. The Kier molecular flexibility index (Phi) is 6.05. The predicted molar refractivity (Wildman–Crippen MR) is 76.2 cm³/mol. The number of thioether (sulfide) groups is 1. The van der Waals surface area contributed by atoms with Crippen LogP contribution < -0.4 is 5.32 Å². The number of amides is 1. The van der Waals surface area contributed by atoms with E-state index in [0.29, 0.717) is 12.1 Å². The van der Waals surface area contributed by atoms with Gasteiger partial charge in [-0.15, -0.1) is 11.8 Å². The molecule has 0 radical (unpaired) electrons. The third-order valence-electron chi connectivity index (χ3n) is 2.48. The zero-order chi connectivity index (χ0) is 15.1. The number of nitrogens with one attached hydrogen (secondary N) is 1. The molecule has 0 aliphatic carbocycles. The summed E-state index contributed by atoms with van der Waals surface area (Å²) >= 11 is 1.06. The van der Waals surface area contributed by atoms with Crippen LogP contribution in [0.2, 0.25) is 0 Å². The number of carboxylic acids is 2. The van der Waals surface area contributed by atoms with Crippen molar-refractivity contribution in [2.45, 2.75) is 18.6 Å². The zero-order valence-electron chi connectivity index (χ0n) is 10.8. The van der Waals surface area contributed by atoms with E-state index < -0.39 is 17.2 Å². The first-order chi connectivity index (χ1) is 9.43. The number of carbonyl (C=O) groups is 3. The van der Waals surface area contributed by atoms with Crippen molar-refractivity contribution < 1.29 is 24.6 Å². The molecule has 6 nitrogen and oxygen atoms in total. The predicted octanol–water partition coefficient (Wildman–Crippen LogP) is 1.92. The number of carbonyl (C=O) groups excluding carboxylic acids is 1. The maximum absolute atomic E-state index is 11.6. The molecule has 1 amide bonds. The summed E-state index contributed by atoms with van der Waals surface area (Å²) in [5.41, 5.74) is 0.610. The molecule has 0 fully saturated rings. The SMILES string of the molecule is CCC(SCC(=O)Nc1ccc(C(=O)O)cc1)C(=O)O. The summed E-state index contributed by atoms with van der Waals surface area (Å²) in [4.78, 5) is 33.1. The molecule has 1 atom stereocenters. The van der Waals surface area contributed by atoms with Gasteiger partial charge in [0.15, 0.2) is 0 Å². The zero-order valence-corrected chi connectivity index (χ0v) is 11.6. The Balaban J connectivity index is 2.50. The summed E-state index contributed by atoms with van der Waals surface area (Å²) < 4.78 is 0. The minimum absolute atomic E-state index is 0.0332. The first-order valence-electron chi connectivity index (χ1n) is 5.91. The Morgan fingerprint density at radius 2 is 1.80 bits per heavy atom. The molecule has 0 aliphatic rings. The average molecular weight is 297 g/mol. The second-order valence-electron chi connectivity index (χ2n) is 3.98. The number of anilines is 1. The highest BCUT2D eigenvalue weighted by Gasteiger charge is 2.17. The molecule has 0 spiro atoms. The Morgan fingerprint density at radius 3 is 2.25 bits per heavy atom. The minimum Gasteiger partial charge on any atom is -0.480 e. The fraction of sp³-hybridized carbons (Fsp3) is 0.308. The van der Waals surface area contributed by atoms with Crippen molar-refractivity contribution in [1.29, 1.82) is 0 Å². The largest absolute Gasteiger partial charge is 0.480 e. The smallest absolute Gasteiger partial charge is 0.335 e. The van der Waals surface area contributed by atoms with Gasteiger partial charge in [-0.05, 0) is 30.7 Å². The lowest BCUT2D eigenvalue weighted by Gasteiger charge is -2.09. The van der Waals surface area contributed by atoms with Gasteiger partial charge in [0.2, 0.25) is 5.91 Å². The summed E-state index contributed by atoms with van der Waals surface area (Å²) in [6.07, 6.45) is 0.445. The Labute approximate surface area is 120 Å². The van der Waals surface area contributed by atoms with E-state index in [1.807, 2.05) is 0 Å². The molecule has 108 valence electrons. The van der Waals surface area contributed by atoms with Gasteiger partial charge in [-0.1, -0.05) is 6.92 Å². The molecule has 0 heterocycles. The van der Waals surface area contributed by atoms with Gasteiger partial charge in [-0.3, -0.25) is 9.59 Å². The van der Waals surface area contributed by atoms with Gasteiger partial charge in [-0.25, -0.2) is 4.79 Å². The minimum atomic E-state index is -1.04. The van der Waals surface area contributed by atoms with Crippen LogP contribution in [0.4, 0.5) is 5.69 Å². The van der Waals surface area contributed by atoms with E-state index in [2.05, 4.69) is 5.32 Å². The van der Waals surface area contributed by atoms with Gasteiger partial charge in [0.1, 0.15) is 5.25 Å². The summed E-state index contributed by atoms with van der Waals surface area (Å²) in [7, 11) is 0. The molecular formula is C13H15NO5S. The Bertz CT molecular complexity index is 500. The van der Waals surface area contributed by atoms with Crippen LogP contribution in [0.3, 0.4) is 0 Å². The fourth-order valence-corrected chi connectivity index (χ4v) is 2.24. The number of hydrogen-bond donors (Lipinski definition) is 3. The van der Waals surface area contributed by atoms with Crippen LogP contribution in [0.25, 0.3) is 0 Å². The second-order valence-corrected chi connectivity index (χ2v) is 5.17. The third-order valence-corrected chi connectivity index (χ3v) is 3.84. The van der Waals surface area contributed by atoms with Crippen LogP contribution in [0.1, 0.15) is 23.7 Å². The molecule has 0 saturated heterocycles. The summed E-state index contributed by atoms with van der Waals surface area (Å²) in [5.74, 6) is -2.26. The van der Waals surface area contributed by atoms with Crippen molar-refractivity contribution in [2.75, 3.05) is 11.1 Å². The van der Waals surface area contributed by atoms with Crippen molar-refractivity contribution in [3.63, 3.8) is 0 Å². The topological polar surface area (TPSA) is 104 Å². The molecule has 1 aromatic carbocycles. The van der Waals surface area contributed by atoms with Gasteiger partial charge in [0, 0.05) is 5.69 Å². The van der Waals surface area contributed by atoms with Crippen molar-refractivity contribution in [1.82, 2.24) is 0 Å². The van der Waals surface area contributed by atoms with Crippen molar-refractivity contribution in [3.05, 3.63) is 29.8 Å². The molecule has 0 aromatic heterocycles. The fourth-order valence-electron chi connectivity index (χ4n) is 1.43. The first kappa shape index (κ1) is 16.0. The lowest BCUT2D eigenvalue weighted by Crippen LogP contribution is -2.20. The first-order valence-corrected chi connectivity index (χ1v) is 6.96. The monoisotopic (exact) mass is 297 g/mol. The highest BCUT2D eigenvalue weighted by Crippen LogP contribution is 2.16. The molecule has 0 bridgehead atoms. The van der Waals surface area contributed by atoms with E-state index in [1.54, 1.807) is 6.92 Å². The van der Waals surface area contributed by atoms with E-state index in [-0.39, 0.29) is 17.2 Å². The van der Waals surface area contributed by atoms with Crippen LogP contribution in [0.5, 0.6) is 0 Å². The quantitative estimate of drug-likeness (QED) is 0.710. The van der Waals surface area contributed by atoms with Gasteiger partial charge in [0.25, 0.3) is 0 Å². The van der Waals surface area contributed by atoms with Gasteiger partial charge >= 0.3 is 11.9 Å². The standard InChI is InChI=1S/C13H15NO5S/c1-2-10(13(18)19)20-7-11(15)14-9-5-3-8(4-6-9)12(16)17/h3-6,10H,2,7H2,1H3,(H,14,15)(H,16,17)(H,18,19). The van der Waals surface area contributed by atoms with Crippen molar-refractivity contribution in [3.8, 4) is 0 Å². The van der Waals surface area contributed by atoms with E-state index >= 15 is 0 Å². The molecule has 0 saturated carbocycles. The number of rotatable bonds is 7. The number of aliphatic carboxylic acids is 1. The number of hydrogen-bond acceptors (Lipinski definition) is 4. The average Bonchev–Trinajstić information content (AvgIpc) is 2.39. The van der Waals surface area contributed by atoms with Crippen LogP contribution in [-0.4, -0.2) is 39.1 Å². The third kappa shape index (κ3) is 4.93. The maximum Gasteiger partial charge on any atom is 0.335 e. The van der Waals surface area contributed by atoms with Gasteiger partial charge in [0.05, 0.1) is 11.3 Å². The summed E-state index contributed by atoms with van der Waals surface area (Å²) in [5, 5.41) is 19.6. The number of carboxylic acid groups (broad SMARTS) is 2. The van der Waals surface area contributed by atoms with E-state index in [4.69, 9.17) is 10.2 Å².